The molecule has 18 heavy (non-hydrogen) atoms. The Bertz CT molecular complexity index is 450. The van der Waals surface area contributed by atoms with E-state index in [0.29, 0.717) is 17.9 Å². The molecule has 1 aromatic carbocycles. The highest BCUT2D eigenvalue weighted by Gasteiger charge is 2.10. The van der Waals surface area contributed by atoms with Gasteiger partial charge in [-0.25, -0.2) is 0 Å². The zero-order valence-electron chi connectivity index (χ0n) is 10.3. The quantitative estimate of drug-likeness (QED) is 0.558. The highest BCUT2D eigenvalue weighted by atomic mass is 16.5. The van der Waals surface area contributed by atoms with Gasteiger partial charge in [-0.1, -0.05) is 12.0 Å². The van der Waals surface area contributed by atoms with Crippen LogP contribution in [0, 0.1) is 12.3 Å². The Hall–Kier alpha value is -1.99. The van der Waals surface area contributed by atoms with E-state index in [1.165, 1.54) is 0 Å². The summed E-state index contributed by atoms with van der Waals surface area (Å²) < 4.78 is 5.27. The van der Waals surface area contributed by atoms with Crippen LogP contribution < -0.4 is 16.2 Å². The third-order valence-electron chi connectivity index (χ3n) is 2.54. The second kappa shape index (κ2) is 7.36. The van der Waals surface area contributed by atoms with Crippen LogP contribution in [0.15, 0.2) is 18.2 Å². The Morgan fingerprint density at radius 1 is 1.39 bits per heavy atom. The van der Waals surface area contributed by atoms with Gasteiger partial charge in [0, 0.05) is 0 Å². The Labute approximate surface area is 107 Å². The molecular weight excluding hydrogens is 228 g/mol. The number of nitrogens with two attached hydrogens (primary N) is 2. The summed E-state index contributed by atoms with van der Waals surface area (Å²) in [4.78, 5) is 11.3. The maximum absolute atomic E-state index is 11.3. The number of rotatable bonds is 7. The fourth-order valence-electron chi connectivity index (χ4n) is 1.64. The van der Waals surface area contributed by atoms with Gasteiger partial charge in [-0.15, -0.1) is 6.42 Å². The van der Waals surface area contributed by atoms with Gasteiger partial charge < -0.3 is 16.2 Å². The van der Waals surface area contributed by atoms with Crippen LogP contribution in [0.5, 0.6) is 5.75 Å². The molecule has 4 nitrogen and oxygen atoms in total. The van der Waals surface area contributed by atoms with Crippen LogP contribution in [0.4, 0.5) is 0 Å². The lowest BCUT2D eigenvalue weighted by Crippen LogP contribution is -2.13. The molecule has 0 bridgehead atoms. The van der Waals surface area contributed by atoms with Crippen molar-refractivity contribution in [3.63, 3.8) is 0 Å². The molecule has 96 valence electrons. The van der Waals surface area contributed by atoms with Gasteiger partial charge in [0.15, 0.2) is 0 Å². The Balaban J connectivity index is 2.82. The predicted molar refractivity (Wildman–Crippen MR) is 71.3 cm³/mol. The summed E-state index contributed by atoms with van der Waals surface area (Å²) in [5.74, 6) is 2.27. The number of aryl methyl sites for hydroxylation is 1. The van der Waals surface area contributed by atoms with Gasteiger partial charge in [0.1, 0.15) is 12.4 Å². The lowest BCUT2D eigenvalue weighted by molar-refractivity contribution is 0.0997. The van der Waals surface area contributed by atoms with E-state index in [1.807, 2.05) is 6.07 Å². The first-order valence-corrected chi connectivity index (χ1v) is 5.88. The van der Waals surface area contributed by atoms with E-state index >= 15 is 0 Å². The fraction of sp³-hybridized carbons (Fsp3) is 0.357. The number of terminal acetylenes is 1. The Morgan fingerprint density at radius 2 is 2.17 bits per heavy atom. The third-order valence-corrected chi connectivity index (χ3v) is 2.54. The maximum Gasteiger partial charge on any atom is 0.252 e. The predicted octanol–water partition coefficient (Wildman–Crippen LogP) is 1.08. The van der Waals surface area contributed by atoms with Crippen molar-refractivity contribution in [2.24, 2.45) is 11.5 Å². The molecule has 1 aromatic rings. The molecule has 0 saturated carbocycles. The first kappa shape index (κ1) is 14.1. The van der Waals surface area contributed by atoms with Crippen molar-refractivity contribution in [3.8, 4) is 18.1 Å². The third kappa shape index (κ3) is 4.11. The summed E-state index contributed by atoms with van der Waals surface area (Å²) in [6.45, 7) is 0.791. The van der Waals surface area contributed by atoms with Gasteiger partial charge in [-0.2, -0.15) is 0 Å². The summed E-state index contributed by atoms with van der Waals surface area (Å²) in [6, 6.07) is 5.40. The summed E-state index contributed by atoms with van der Waals surface area (Å²) in [6.07, 6.45) is 7.92. The minimum atomic E-state index is -0.511. The number of hydrogen-bond donors (Lipinski definition) is 2. The summed E-state index contributed by atoms with van der Waals surface area (Å²) in [7, 11) is 0. The molecule has 0 aliphatic carbocycles. The topological polar surface area (TPSA) is 78.3 Å². The molecule has 1 amide bonds. The summed E-state index contributed by atoms with van der Waals surface area (Å²) in [5.41, 5.74) is 12.2. The van der Waals surface area contributed by atoms with Crippen LogP contribution in [-0.4, -0.2) is 19.1 Å². The molecular formula is C14H18N2O2. The largest absolute Gasteiger partial charge is 0.480 e. The standard InChI is InChI=1S/C14H18N2O2/c1-2-9-18-13-7-6-11(5-3-4-8-15)10-12(13)14(16)17/h1,6-7,10H,3-5,8-9,15H2,(H2,16,17). The Morgan fingerprint density at radius 3 is 2.78 bits per heavy atom. The van der Waals surface area contributed by atoms with Crippen molar-refractivity contribution >= 4 is 5.91 Å². The van der Waals surface area contributed by atoms with Crippen LogP contribution in [0.1, 0.15) is 28.8 Å². The molecule has 0 radical (unpaired) electrons. The van der Waals surface area contributed by atoms with E-state index in [1.54, 1.807) is 12.1 Å². The number of amides is 1. The fourth-order valence-corrected chi connectivity index (χ4v) is 1.64. The molecule has 1 rings (SSSR count). The van der Waals surface area contributed by atoms with E-state index in [-0.39, 0.29) is 6.61 Å². The lowest BCUT2D eigenvalue weighted by Gasteiger charge is -2.09. The smallest absolute Gasteiger partial charge is 0.252 e. The average Bonchev–Trinajstić information content (AvgIpc) is 2.37. The SMILES string of the molecule is C#CCOc1ccc(CCCCN)cc1C(N)=O. The zero-order chi connectivity index (χ0) is 13.4. The number of ether oxygens (including phenoxy) is 1. The van der Waals surface area contributed by atoms with Crippen LogP contribution >= 0.6 is 0 Å². The van der Waals surface area contributed by atoms with Crippen molar-refractivity contribution in [1.82, 2.24) is 0 Å². The van der Waals surface area contributed by atoms with Gasteiger partial charge in [-0.05, 0) is 43.5 Å². The molecule has 0 spiro atoms. The second-order valence-electron chi connectivity index (χ2n) is 3.93. The highest BCUT2D eigenvalue weighted by molar-refractivity contribution is 5.95. The van der Waals surface area contributed by atoms with Gasteiger partial charge in [0.25, 0.3) is 5.91 Å². The average molecular weight is 246 g/mol. The summed E-state index contributed by atoms with van der Waals surface area (Å²) >= 11 is 0. The van der Waals surface area contributed by atoms with Crippen LogP contribution in [0.2, 0.25) is 0 Å². The molecule has 4 heteroatoms. The van der Waals surface area contributed by atoms with Crippen molar-refractivity contribution in [1.29, 1.82) is 0 Å². The molecule has 0 aromatic heterocycles. The maximum atomic E-state index is 11.3. The van der Waals surface area contributed by atoms with Crippen LogP contribution in [-0.2, 0) is 6.42 Å². The molecule has 0 heterocycles. The van der Waals surface area contributed by atoms with Crippen molar-refractivity contribution in [2.45, 2.75) is 19.3 Å². The number of unbranched alkanes of at least 4 members (excludes halogenated alkanes) is 1. The molecule has 4 N–H and O–H groups in total. The number of benzene rings is 1. The Kier molecular flexibility index (Phi) is 5.75. The first-order valence-electron chi connectivity index (χ1n) is 5.88. The van der Waals surface area contributed by atoms with Gasteiger partial charge >= 0.3 is 0 Å². The van der Waals surface area contributed by atoms with Crippen LogP contribution in [0.25, 0.3) is 0 Å². The van der Waals surface area contributed by atoms with E-state index in [9.17, 15) is 4.79 Å². The molecule has 0 saturated heterocycles. The summed E-state index contributed by atoms with van der Waals surface area (Å²) in [5, 5.41) is 0. The first-order chi connectivity index (χ1) is 8.69. The van der Waals surface area contributed by atoms with Gasteiger partial charge in [-0.3, -0.25) is 4.79 Å². The van der Waals surface area contributed by atoms with Gasteiger partial charge in [0.2, 0.25) is 0 Å². The number of carbonyl (C=O) groups is 1. The molecule has 0 aliphatic rings. The van der Waals surface area contributed by atoms with Crippen molar-refractivity contribution in [2.75, 3.05) is 13.2 Å². The highest BCUT2D eigenvalue weighted by Crippen LogP contribution is 2.20. The molecule has 0 unspecified atom stereocenters. The van der Waals surface area contributed by atoms with E-state index in [2.05, 4.69) is 5.92 Å². The van der Waals surface area contributed by atoms with Crippen LogP contribution in [0.3, 0.4) is 0 Å². The molecule has 0 atom stereocenters. The van der Waals surface area contributed by atoms with Crippen molar-refractivity contribution < 1.29 is 9.53 Å². The minimum Gasteiger partial charge on any atom is -0.480 e. The lowest BCUT2D eigenvalue weighted by atomic mass is 10.0. The number of carbonyl (C=O) groups excluding carboxylic acids is 1. The zero-order valence-corrected chi connectivity index (χ0v) is 10.3. The van der Waals surface area contributed by atoms with E-state index in [0.717, 1.165) is 24.8 Å². The van der Waals surface area contributed by atoms with Crippen molar-refractivity contribution in [3.05, 3.63) is 29.3 Å². The molecule has 0 aliphatic heterocycles. The monoisotopic (exact) mass is 246 g/mol. The normalized spacial score (nSPS) is 9.78. The van der Waals surface area contributed by atoms with E-state index in [4.69, 9.17) is 22.6 Å². The molecule has 0 fully saturated rings. The number of hydrogen-bond acceptors (Lipinski definition) is 3. The van der Waals surface area contributed by atoms with E-state index < -0.39 is 5.91 Å². The van der Waals surface area contributed by atoms with Gasteiger partial charge in [0.05, 0.1) is 5.56 Å². The second-order valence-corrected chi connectivity index (χ2v) is 3.93. The minimum absolute atomic E-state index is 0.118. The number of primary amides is 1.